The highest BCUT2D eigenvalue weighted by Crippen LogP contribution is 2.40. The number of esters is 2. The van der Waals surface area contributed by atoms with E-state index in [1.807, 2.05) is 0 Å². The first kappa shape index (κ1) is 21.7. The number of hydrogen-bond donors (Lipinski definition) is 0. The smallest absolute Gasteiger partial charge is 0.335 e. The highest BCUT2D eigenvalue weighted by atomic mass is 16.7. The van der Waals surface area contributed by atoms with Crippen LogP contribution >= 0.6 is 0 Å². The van der Waals surface area contributed by atoms with Crippen molar-refractivity contribution in [1.29, 1.82) is 0 Å². The zero-order valence-corrected chi connectivity index (χ0v) is 16.8. The van der Waals surface area contributed by atoms with Crippen LogP contribution in [-0.2, 0) is 23.8 Å². The molecule has 0 aliphatic heterocycles. The highest BCUT2D eigenvalue weighted by Gasteiger charge is 2.31. The Morgan fingerprint density at radius 1 is 0.778 bits per heavy atom. The average Bonchev–Trinajstić information content (AvgIpc) is 2.66. The van der Waals surface area contributed by atoms with E-state index in [9.17, 15) is 9.59 Å². The Labute approximate surface area is 163 Å². The Hall–Kier alpha value is -1.62. The van der Waals surface area contributed by atoms with Gasteiger partial charge in [-0.1, -0.05) is 13.2 Å². The second-order valence-electron chi connectivity index (χ2n) is 8.19. The molecule has 0 amide bonds. The van der Waals surface area contributed by atoms with Crippen molar-refractivity contribution in [3.8, 4) is 0 Å². The first-order chi connectivity index (χ1) is 12.9. The molecule has 2 aliphatic rings. The molecule has 0 aromatic rings. The maximum absolute atomic E-state index is 11.5. The van der Waals surface area contributed by atoms with Gasteiger partial charge in [-0.25, -0.2) is 9.59 Å². The molecular formula is C22H34O5. The van der Waals surface area contributed by atoms with E-state index in [0.29, 0.717) is 23.7 Å². The van der Waals surface area contributed by atoms with Crippen LogP contribution in [0.4, 0.5) is 0 Å². The summed E-state index contributed by atoms with van der Waals surface area (Å²) < 4.78 is 16.0. The van der Waals surface area contributed by atoms with Crippen LogP contribution in [0.15, 0.2) is 24.3 Å². The van der Waals surface area contributed by atoms with Gasteiger partial charge in [0.2, 0.25) is 0 Å². The highest BCUT2D eigenvalue weighted by molar-refractivity contribution is 5.87. The molecule has 0 heterocycles. The second-order valence-corrected chi connectivity index (χ2v) is 8.19. The number of rotatable bonds is 8. The maximum Gasteiger partial charge on any atom is 0.335 e. The van der Waals surface area contributed by atoms with Gasteiger partial charge in [-0.3, -0.25) is 0 Å². The van der Waals surface area contributed by atoms with Crippen LogP contribution < -0.4 is 0 Å². The molecule has 0 radical (unpaired) electrons. The van der Waals surface area contributed by atoms with Crippen LogP contribution in [-0.4, -0.2) is 31.4 Å². The molecule has 2 saturated carbocycles. The van der Waals surface area contributed by atoms with Gasteiger partial charge in [-0.2, -0.15) is 0 Å². The summed E-state index contributed by atoms with van der Waals surface area (Å²) in [6.45, 7) is 11.0. The lowest BCUT2D eigenvalue weighted by atomic mass is 9.71. The van der Waals surface area contributed by atoms with Gasteiger partial charge >= 0.3 is 11.9 Å². The molecule has 0 spiro atoms. The summed E-state index contributed by atoms with van der Waals surface area (Å²) in [6.07, 6.45) is 9.35. The third kappa shape index (κ3) is 7.13. The largest absolute Gasteiger partial charge is 0.462 e. The zero-order valence-electron chi connectivity index (χ0n) is 16.8. The Morgan fingerprint density at radius 3 is 1.78 bits per heavy atom. The van der Waals surface area contributed by atoms with Gasteiger partial charge in [0, 0.05) is 11.1 Å². The van der Waals surface area contributed by atoms with E-state index in [2.05, 4.69) is 13.2 Å². The van der Waals surface area contributed by atoms with E-state index in [1.54, 1.807) is 13.8 Å². The van der Waals surface area contributed by atoms with E-state index >= 15 is 0 Å². The molecule has 152 valence electrons. The summed E-state index contributed by atoms with van der Waals surface area (Å²) in [5, 5.41) is 0. The molecule has 0 atom stereocenters. The lowest BCUT2D eigenvalue weighted by Crippen LogP contribution is -2.30. The van der Waals surface area contributed by atoms with Gasteiger partial charge in [0.1, 0.15) is 0 Å². The maximum atomic E-state index is 11.5. The van der Waals surface area contributed by atoms with Gasteiger partial charge in [0.15, 0.2) is 6.79 Å². The van der Waals surface area contributed by atoms with Gasteiger partial charge in [0.05, 0.1) is 12.7 Å². The molecule has 0 bridgehead atoms. The number of ether oxygens (including phenoxy) is 3. The third-order valence-corrected chi connectivity index (χ3v) is 5.92. The summed E-state index contributed by atoms with van der Waals surface area (Å²) in [7, 11) is 0. The Morgan fingerprint density at radius 2 is 1.26 bits per heavy atom. The summed E-state index contributed by atoms with van der Waals surface area (Å²) in [6, 6.07) is 0. The van der Waals surface area contributed by atoms with Crippen molar-refractivity contribution in [1.82, 2.24) is 0 Å². The van der Waals surface area contributed by atoms with Gasteiger partial charge in [-0.15, -0.1) is 0 Å². The first-order valence-corrected chi connectivity index (χ1v) is 10.1. The van der Waals surface area contributed by atoms with Crippen LogP contribution in [0.3, 0.4) is 0 Å². The van der Waals surface area contributed by atoms with Crippen LogP contribution in [0, 0.1) is 17.8 Å². The second kappa shape index (κ2) is 10.6. The Kier molecular flexibility index (Phi) is 8.55. The summed E-state index contributed by atoms with van der Waals surface area (Å²) >= 11 is 0. The molecule has 0 aromatic carbocycles. The zero-order chi connectivity index (χ0) is 19.8. The van der Waals surface area contributed by atoms with Gasteiger partial charge in [0.25, 0.3) is 0 Å². The molecule has 0 saturated heterocycles. The minimum Gasteiger partial charge on any atom is -0.462 e. The predicted molar refractivity (Wildman–Crippen MR) is 104 cm³/mol. The molecular weight excluding hydrogens is 344 g/mol. The number of carbonyl (C=O) groups excluding carboxylic acids is 2. The monoisotopic (exact) mass is 378 g/mol. The summed E-state index contributed by atoms with van der Waals surface area (Å²) in [5.41, 5.74) is 0.865. The average molecular weight is 379 g/mol. The molecule has 5 heteroatoms. The normalized spacial score (nSPS) is 28.2. The summed E-state index contributed by atoms with van der Waals surface area (Å²) in [4.78, 5) is 22.9. The van der Waals surface area contributed by atoms with E-state index in [4.69, 9.17) is 14.2 Å². The molecule has 0 unspecified atom stereocenters. The van der Waals surface area contributed by atoms with Crippen LogP contribution in [0.25, 0.3) is 0 Å². The Bertz CT molecular complexity index is 537. The molecule has 0 aromatic heterocycles. The van der Waals surface area contributed by atoms with Crippen LogP contribution in [0.2, 0.25) is 0 Å². The number of hydrogen-bond acceptors (Lipinski definition) is 5. The van der Waals surface area contributed by atoms with Gasteiger partial charge in [-0.05, 0) is 83.0 Å². The fourth-order valence-electron chi connectivity index (χ4n) is 4.18. The first-order valence-electron chi connectivity index (χ1n) is 10.1. The van der Waals surface area contributed by atoms with Crippen molar-refractivity contribution in [2.24, 2.45) is 17.8 Å². The molecule has 27 heavy (non-hydrogen) atoms. The van der Waals surface area contributed by atoms with Crippen molar-refractivity contribution >= 4 is 11.9 Å². The van der Waals surface area contributed by atoms with Gasteiger partial charge < -0.3 is 14.2 Å². The standard InChI is InChI=1S/C22H34O5/c1-15(2)21(23)25-13-17-5-7-18(8-6-17)19-9-11-20(12-10-19)26-14-27-22(24)16(3)4/h17-20H,1,3,5-14H2,2,4H3. The topological polar surface area (TPSA) is 61.8 Å². The van der Waals surface area contributed by atoms with E-state index in [1.165, 1.54) is 25.7 Å². The lowest BCUT2D eigenvalue weighted by Gasteiger charge is -2.37. The quantitative estimate of drug-likeness (QED) is 0.352. The van der Waals surface area contributed by atoms with Crippen molar-refractivity contribution in [2.45, 2.75) is 71.3 Å². The van der Waals surface area contributed by atoms with E-state index in [-0.39, 0.29) is 18.9 Å². The van der Waals surface area contributed by atoms with Crippen LogP contribution in [0.1, 0.15) is 65.2 Å². The fraction of sp³-hybridized carbons (Fsp3) is 0.727. The molecule has 2 fully saturated rings. The minimum absolute atomic E-state index is 0.0229. The fourth-order valence-corrected chi connectivity index (χ4v) is 4.18. The van der Waals surface area contributed by atoms with Crippen molar-refractivity contribution in [3.63, 3.8) is 0 Å². The summed E-state index contributed by atoms with van der Waals surface area (Å²) in [5.74, 6) is 1.37. The molecule has 0 N–H and O–H groups in total. The van der Waals surface area contributed by atoms with Crippen molar-refractivity contribution in [3.05, 3.63) is 24.3 Å². The molecule has 2 rings (SSSR count). The third-order valence-electron chi connectivity index (χ3n) is 5.92. The van der Waals surface area contributed by atoms with Crippen molar-refractivity contribution < 1.29 is 23.8 Å². The molecule has 2 aliphatic carbocycles. The Balaban J connectivity index is 1.60. The minimum atomic E-state index is -0.394. The van der Waals surface area contributed by atoms with E-state index < -0.39 is 5.97 Å². The van der Waals surface area contributed by atoms with Crippen molar-refractivity contribution in [2.75, 3.05) is 13.4 Å². The predicted octanol–water partition coefficient (Wildman–Crippen LogP) is 4.56. The molecule has 5 nitrogen and oxygen atoms in total. The lowest BCUT2D eigenvalue weighted by molar-refractivity contribution is -0.158. The SMILES string of the molecule is C=C(C)C(=O)OCOC1CCC(C2CCC(COC(=O)C(=C)C)CC2)CC1. The number of carbonyl (C=O) groups is 2. The van der Waals surface area contributed by atoms with E-state index in [0.717, 1.165) is 37.5 Å². The van der Waals surface area contributed by atoms with Crippen LogP contribution in [0.5, 0.6) is 0 Å².